The first kappa shape index (κ1) is 22.6. The highest BCUT2D eigenvalue weighted by Crippen LogP contribution is 2.29. The summed E-state index contributed by atoms with van der Waals surface area (Å²) in [5.41, 5.74) is 10.4. The average Bonchev–Trinajstić information content (AvgIpc) is 3.15. The van der Waals surface area contributed by atoms with Gasteiger partial charge < -0.3 is 15.4 Å². The fraction of sp³-hybridized carbons (Fsp3) is 0.286. The minimum Gasteiger partial charge on any atom is -0.442 e. The van der Waals surface area contributed by atoms with E-state index in [1.807, 2.05) is 0 Å². The van der Waals surface area contributed by atoms with Gasteiger partial charge in [0.25, 0.3) is 0 Å². The number of cyclic esters (lactones) is 1. The van der Waals surface area contributed by atoms with Gasteiger partial charge in [-0.1, -0.05) is 29.4 Å². The smallest absolute Gasteiger partial charge is 0.414 e. The maximum Gasteiger partial charge on any atom is 0.414 e. The quantitative estimate of drug-likeness (QED) is 0.370. The van der Waals surface area contributed by atoms with Crippen molar-refractivity contribution in [2.24, 2.45) is 5.11 Å². The molecule has 2 N–H and O–H groups in total. The molecule has 1 aliphatic heterocycles. The van der Waals surface area contributed by atoms with Crippen LogP contribution in [0.1, 0.15) is 12.5 Å². The van der Waals surface area contributed by atoms with Gasteiger partial charge in [-0.2, -0.15) is 0 Å². The van der Waals surface area contributed by atoms with Crippen LogP contribution in [0.2, 0.25) is 0 Å². The lowest BCUT2D eigenvalue weighted by Gasteiger charge is -2.15. The summed E-state index contributed by atoms with van der Waals surface area (Å²) in [6.45, 7) is 1.74. The predicted molar refractivity (Wildman–Crippen MR) is 114 cm³/mol. The van der Waals surface area contributed by atoms with E-state index >= 15 is 0 Å². The Labute approximate surface area is 183 Å². The summed E-state index contributed by atoms with van der Waals surface area (Å²) in [5, 5.41) is 8.39. The monoisotopic (exact) mass is 440 g/mol. The number of nitrogens with zero attached hydrogens (tertiary/aromatic N) is 4. The van der Waals surface area contributed by atoms with Gasteiger partial charge in [-0.25, -0.2) is 9.18 Å². The third-order valence-corrected chi connectivity index (χ3v) is 4.75. The van der Waals surface area contributed by atoms with Crippen molar-refractivity contribution in [3.63, 3.8) is 0 Å². The van der Waals surface area contributed by atoms with E-state index in [1.165, 1.54) is 17.9 Å². The summed E-state index contributed by atoms with van der Waals surface area (Å²) in [7, 11) is 0. The van der Waals surface area contributed by atoms with Crippen LogP contribution in [0.5, 0.6) is 0 Å². The Bertz CT molecular complexity index is 1070. The van der Waals surface area contributed by atoms with E-state index in [2.05, 4.69) is 20.7 Å². The van der Waals surface area contributed by atoms with Gasteiger partial charge in [-0.15, -0.1) is 0 Å². The van der Waals surface area contributed by atoms with Gasteiger partial charge in [0.1, 0.15) is 18.5 Å². The predicted octanol–water partition coefficient (Wildman–Crippen LogP) is 2.88. The number of amides is 3. The zero-order valence-electron chi connectivity index (χ0n) is 17.2. The minimum atomic E-state index is -0.598. The van der Waals surface area contributed by atoms with Gasteiger partial charge >= 0.3 is 6.09 Å². The molecular formula is C21H21FN6O4. The second kappa shape index (κ2) is 10.3. The SMILES string of the molecule is CC(=O)NCC1CN(c2ccc(-c3ccc(CNC(=O)CN=[N+]=[N-])cc3)c(F)c2)C(=O)O1. The van der Waals surface area contributed by atoms with Crippen LogP contribution >= 0.6 is 0 Å². The zero-order chi connectivity index (χ0) is 23.1. The van der Waals surface area contributed by atoms with Crippen molar-refractivity contribution in [2.75, 3.05) is 24.5 Å². The molecule has 1 fully saturated rings. The number of nitrogens with one attached hydrogen (secondary N) is 2. The Morgan fingerprint density at radius 3 is 2.66 bits per heavy atom. The zero-order valence-corrected chi connectivity index (χ0v) is 17.2. The molecule has 3 amide bonds. The highest BCUT2D eigenvalue weighted by atomic mass is 19.1. The minimum absolute atomic E-state index is 0.191. The number of hydrogen-bond acceptors (Lipinski definition) is 5. The van der Waals surface area contributed by atoms with Crippen LogP contribution in [0.25, 0.3) is 21.6 Å². The molecule has 166 valence electrons. The van der Waals surface area contributed by atoms with Crippen LogP contribution in [0.4, 0.5) is 14.9 Å². The highest BCUT2D eigenvalue weighted by molar-refractivity contribution is 5.90. The molecule has 0 saturated carbocycles. The Balaban J connectivity index is 1.65. The molecule has 32 heavy (non-hydrogen) atoms. The van der Waals surface area contributed by atoms with Gasteiger partial charge in [0, 0.05) is 23.9 Å². The van der Waals surface area contributed by atoms with Gasteiger partial charge in [0.15, 0.2) is 0 Å². The molecule has 2 aromatic rings. The molecule has 1 heterocycles. The lowest BCUT2D eigenvalue weighted by molar-refractivity contribution is -0.120. The van der Waals surface area contributed by atoms with E-state index in [4.69, 9.17) is 10.3 Å². The number of benzene rings is 2. The third kappa shape index (κ3) is 5.73. The van der Waals surface area contributed by atoms with Crippen molar-refractivity contribution in [1.29, 1.82) is 0 Å². The summed E-state index contributed by atoms with van der Waals surface area (Å²) >= 11 is 0. The lowest BCUT2D eigenvalue weighted by Crippen LogP contribution is -2.33. The maximum atomic E-state index is 14.8. The summed E-state index contributed by atoms with van der Waals surface area (Å²) < 4.78 is 20.0. The van der Waals surface area contributed by atoms with Crippen LogP contribution in [0, 0.1) is 5.82 Å². The molecule has 1 aliphatic rings. The number of carbonyl (C=O) groups excluding carboxylic acids is 3. The van der Waals surface area contributed by atoms with Crippen LogP contribution < -0.4 is 15.5 Å². The van der Waals surface area contributed by atoms with E-state index in [9.17, 15) is 18.8 Å². The van der Waals surface area contributed by atoms with Crippen LogP contribution in [0.3, 0.4) is 0 Å². The fourth-order valence-electron chi connectivity index (χ4n) is 3.16. The molecule has 11 heteroatoms. The van der Waals surface area contributed by atoms with Gasteiger partial charge in [0.2, 0.25) is 11.8 Å². The fourth-order valence-corrected chi connectivity index (χ4v) is 3.16. The van der Waals surface area contributed by atoms with Gasteiger partial charge in [0.05, 0.1) is 18.8 Å². The molecule has 0 aliphatic carbocycles. The Hall–Kier alpha value is -4.11. The van der Waals surface area contributed by atoms with Crippen molar-refractivity contribution in [2.45, 2.75) is 19.6 Å². The Morgan fingerprint density at radius 2 is 2.00 bits per heavy atom. The molecular weight excluding hydrogens is 419 g/mol. The molecule has 10 nitrogen and oxygen atoms in total. The number of ether oxygens (including phenoxy) is 1. The van der Waals surface area contributed by atoms with Gasteiger partial charge in [-0.3, -0.25) is 14.5 Å². The lowest BCUT2D eigenvalue weighted by atomic mass is 10.0. The summed E-state index contributed by atoms with van der Waals surface area (Å²) in [4.78, 5) is 38.5. The van der Waals surface area contributed by atoms with E-state index in [0.29, 0.717) is 16.8 Å². The third-order valence-electron chi connectivity index (χ3n) is 4.75. The van der Waals surface area contributed by atoms with Crippen LogP contribution in [-0.2, 0) is 20.9 Å². The summed E-state index contributed by atoms with van der Waals surface area (Å²) in [6.07, 6.45) is -1.10. The Kier molecular flexibility index (Phi) is 7.25. The highest BCUT2D eigenvalue weighted by Gasteiger charge is 2.32. The molecule has 0 aromatic heterocycles. The first-order valence-electron chi connectivity index (χ1n) is 9.76. The first-order valence-corrected chi connectivity index (χ1v) is 9.76. The van der Waals surface area contributed by atoms with Crippen molar-refractivity contribution in [3.8, 4) is 11.1 Å². The largest absolute Gasteiger partial charge is 0.442 e. The molecule has 2 aromatic carbocycles. The van der Waals surface area contributed by atoms with Crippen molar-refractivity contribution >= 4 is 23.6 Å². The standard InChI is InChI=1S/C21H21FN6O4/c1-13(29)24-10-17-12-28(21(31)32-17)16-6-7-18(19(22)8-16)15-4-2-14(3-5-15)9-25-20(30)11-26-27-23/h2-8,17H,9-12H2,1H3,(H,24,29)(H,25,30). The van der Waals surface area contributed by atoms with Crippen LogP contribution in [0.15, 0.2) is 47.6 Å². The normalized spacial score (nSPS) is 15.0. The van der Waals surface area contributed by atoms with E-state index in [1.54, 1.807) is 36.4 Å². The number of carbonyl (C=O) groups is 3. The second-order valence-corrected chi connectivity index (χ2v) is 7.08. The average molecular weight is 440 g/mol. The molecule has 0 radical (unpaired) electrons. The Morgan fingerprint density at radius 1 is 1.25 bits per heavy atom. The topological polar surface area (TPSA) is 136 Å². The number of azide groups is 1. The molecule has 0 bridgehead atoms. The number of hydrogen-bond donors (Lipinski definition) is 2. The second-order valence-electron chi connectivity index (χ2n) is 7.08. The number of anilines is 1. The van der Waals surface area contributed by atoms with Crippen molar-refractivity contribution < 1.29 is 23.5 Å². The molecule has 0 spiro atoms. The maximum absolute atomic E-state index is 14.8. The van der Waals surface area contributed by atoms with E-state index < -0.39 is 23.9 Å². The molecule has 3 rings (SSSR count). The number of halogens is 1. The molecule has 1 saturated heterocycles. The summed E-state index contributed by atoms with van der Waals surface area (Å²) in [5.74, 6) is -1.12. The van der Waals surface area contributed by atoms with Crippen molar-refractivity contribution in [3.05, 3.63) is 64.3 Å². The number of rotatable bonds is 8. The molecule has 1 unspecified atom stereocenters. The van der Waals surface area contributed by atoms with Crippen LogP contribution in [-0.4, -0.2) is 43.6 Å². The van der Waals surface area contributed by atoms with Gasteiger partial charge in [-0.05, 0) is 34.9 Å². The first-order chi connectivity index (χ1) is 15.4. The van der Waals surface area contributed by atoms with Crippen molar-refractivity contribution in [1.82, 2.24) is 10.6 Å². The summed E-state index contributed by atoms with van der Waals surface area (Å²) in [6, 6.07) is 11.4. The van der Waals surface area contributed by atoms with E-state index in [0.717, 1.165) is 5.56 Å². The molecule has 1 atom stereocenters. The van der Waals surface area contributed by atoms with E-state index in [-0.39, 0.29) is 32.1 Å².